The van der Waals surface area contributed by atoms with Crippen LogP contribution in [0.25, 0.3) is 11.6 Å². The molecule has 0 atom stereocenters. The van der Waals surface area contributed by atoms with Gasteiger partial charge in [-0.25, -0.2) is 0 Å². The molecular weight excluding hydrogens is 463 g/mol. The fourth-order valence-corrected chi connectivity index (χ4v) is 4.05. The van der Waals surface area contributed by atoms with E-state index in [2.05, 4.69) is 20.9 Å². The Bertz CT molecular complexity index is 1180. The molecular formula is C24H28F3N5O3. The Labute approximate surface area is 201 Å². The number of likely N-dealkylation sites (N-methyl/N-ethyl adjacent to an activating group) is 1. The van der Waals surface area contributed by atoms with Crippen molar-refractivity contribution in [3.05, 3.63) is 46.3 Å². The molecule has 188 valence electrons. The Morgan fingerprint density at radius 2 is 1.86 bits per heavy atom. The maximum absolute atomic E-state index is 14.1. The standard InChI is InChI=1S/C24H28F3N5O3/c1-5-32(6-2)10-9-28-23(35)20-13(3)29-19(21(20)24(25,26)27)12-17-16-11-15(30-14(4)33)7-8-18(16)31-22(17)34/h7-8,11-12,29H,5-6,9-10H2,1-4H3,(H,28,35)(H,30,33)(H,31,34)/b17-12-. The number of carbonyl (C=O) groups is 3. The number of benzene rings is 1. The Morgan fingerprint density at radius 3 is 2.46 bits per heavy atom. The molecule has 3 amide bonds. The van der Waals surface area contributed by atoms with Crippen molar-refractivity contribution in [2.75, 3.05) is 36.8 Å². The summed E-state index contributed by atoms with van der Waals surface area (Å²) in [4.78, 5) is 41.4. The van der Waals surface area contributed by atoms with Crippen molar-refractivity contribution >= 4 is 40.7 Å². The second kappa shape index (κ2) is 10.3. The number of anilines is 2. The topological polar surface area (TPSA) is 106 Å². The van der Waals surface area contributed by atoms with E-state index in [0.29, 0.717) is 23.5 Å². The summed E-state index contributed by atoms with van der Waals surface area (Å²) in [6.07, 6.45) is -3.76. The van der Waals surface area contributed by atoms with Gasteiger partial charge in [-0.05, 0) is 44.3 Å². The molecule has 0 fully saturated rings. The zero-order chi connectivity index (χ0) is 25.9. The minimum absolute atomic E-state index is 0.0209. The summed E-state index contributed by atoms with van der Waals surface area (Å²) in [6, 6.07) is 4.63. The number of aromatic nitrogens is 1. The first kappa shape index (κ1) is 26.0. The van der Waals surface area contributed by atoms with Crippen LogP contribution in [0.2, 0.25) is 0 Å². The number of hydrogen-bond donors (Lipinski definition) is 4. The average molecular weight is 492 g/mol. The van der Waals surface area contributed by atoms with E-state index in [1.54, 1.807) is 12.1 Å². The lowest BCUT2D eigenvalue weighted by atomic mass is 10.0. The summed E-state index contributed by atoms with van der Waals surface area (Å²) in [5.41, 5.74) is -0.884. The monoisotopic (exact) mass is 491 g/mol. The first-order valence-corrected chi connectivity index (χ1v) is 11.2. The van der Waals surface area contributed by atoms with Crippen LogP contribution in [0.15, 0.2) is 18.2 Å². The first-order valence-electron chi connectivity index (χ1n) is 11.2. The van der Waals surface area contributed by atoms with Gasteiger partial charge < -0.3 is 25.8 Å². The molecule has 0 saturated heterocycles. The van der Waals surface area contributed by atoms with Gasteiger partial charge in [0.2, 0.25) is 5.91 Å². The van der Waals surface area contributed by atoms with Crippen LogP contribution < -0.4 is 16.0 Å². The van der Waals surface area contributed by atoms with Crippen LogP contribution in [0.1, 0.15) is 53.6 Å². The lowest BCUT2D eigenvalue weighted by molar-refractivity contribution is -0.138. The average Bonchev–Trinajstić information content (AvgIpc) is 3.27. The highest BCUT2D eigenvalue weighted by Gasteiger charge is 2.41. The van der Waals surface area contributed by atoms with E-state index in [1.807, 2.05) is 18.7 Å². The lowest BCUT2D eigenvalue weighted by Gasteiger charge is -2.18. The fraction of sp³-hybridized carbons (Fsp3) is 0.375. The molecule has 35 heavy (non-hydrogen) atoms. The van der Waals surface area contributed by atoms with E-state index in [1.165, 1.54) is 19.9 Å². The molecule has 4 N–H and O–H groups in total. The van der Waals surface area contributed by atoms with E-state index in [-0.39, 0.29) is 23.7 Å². The number of nitrogens with one attached hydrogen (secondary N) is 4. The first-order chi connectivity index (χ1) is 16.5. The molecule has 8 nitrogen and oxygen atoms in total. The number of carbonyl (C=O) groups excluding carboxylic acids is 3. The van der Waals surface area contributed by atoms with E-state index in [0.717, 1.165) is 19.2 Å². The van der Waals surface area contributed by atoms with Crippen molar-refractivity contribution < 1.29 is 27.6 Å². The van der Waals surface area contributed by atoms with Crippen LogP contribution in [0.4, 0.5) is 24.5 Å². The molecule has 0 saturated carbocycles. The van der Waals surface area contributed by atoms with Gasteiger partial charge in [-0.3, -0.25) is 14.4 Å². The third kappa shape index (κ3) is 5.73. The number of halogens is 3. The van der Waals surface area contributed by atoms with Gasteiger partial charge in [0.25, 0.3) is 11.8 Å². The predicted octanol–water partition coefficient (Wildman–Crippen LogP) is 3.86. The second-order valence-electron chi connectivity index (χ2n) is 8.15. The molecule has 0 spiro atoms. The molecule has 0 unspecified atom stereocenters. The van der Waals surface area contributed by atoms with E-state index in [9.17, 15) is 27.6 Å². The Hall–Kier alpha value is -3.60. The van der Waals surface area contributed by atoms with Crippen molar-refractivity contribution in [3.63, 3.8) is 0 Å². The van der Waals surface area contributed by atoms with Gasteiger partial charge in [-0.1, -0.05) is 13.8 Å². The number of aromatic amines is 1. The van der Waals surface area contributed by atoms with Gasteiger partial charge in [0.1, 0.15) is 0 Å². The van der Waals surface area contributed by atoms with Gasteiger partial charge in [0, 0.05) is 42.6 Å². The largest absolute Gasteiger partial charge is 0.419 e. The molecule has 1 aromatic heterocycles. The van der Waals surface area contributed by atoms with Gasteiger partial charge in [0.05, 0.1) is 22.4 Å². The summed E-state index contributed by atoms with van der Waals surface area (Å²) in [6.45, 7) is 8.84. The molecule has 0 radical (unpaired) electrons. The predicted molar refractivity (Wildman–Crippen MR) is 128 cm³/mol. The summed E-state index contributed by atoms with van der Waals surface area (Å²) in [5.74, 6) is -1.76. The second-order valence-corrected chi connectivity index (χ2v) is 8.15. The number of amides is 3. The number of alkyl halides is 3. The maximum Gasteiger partial charge on any atom is 0.419 e. The molecule has 1 aliphatic rings. The number of H-pyrrole nitrogens is 1. The smallest absolute Gasteiger partial charge is 0.358 e. The highest BCUT2D eigenvalue weighted by Crippen LogP contribution is 2.40. The van der Waals surface area contributed by atoms with Crippen LogP contribution in [0, 0.1) is 6.92 Å². The molecule has 1 aromatic carbocycles. The van der Waals surface area contributed by atoms with Crippen LogP contribution in [0.3, 0.4) is 0 Å². The van der Waals surface area contributed by atoms with Crippen molar-refractivity contribution in [1.82, 2.24) is 15.2 Å². The van der Waals surface area contributed by atoms with Gasteiger partial charge in [-0.15, -0.1) is 0 Å². The Balaban J connectivity index is 2.00. The van der Waals surface area contributed by atoms with Crippen LogP contribution in [0.5, 0.6) is 0 Å². The fourth-order valence-electron chi connectivity index (χ4n) is 4.05. The number of nitrogens with zero attached hydrogens (tertiary/aromatic N) is 1. The third-order valence-corrected chi connectivity index (χ3v) is 5.75. The van der Waals surface area contributed by atoms with Crippen LogP contribution >= 0.6 is 0 Å². The van der Waals surface area contributed by atoms with Gasteiger partial charge >= 0.3 is 6.18 Å². The van der Waals surface area contributed by atoms with Crippen LogP contribution in [-0.4, -0.2) is 53.8 Å². The van der Waals surface area contributed by atoms with Gasteiger partial charge in [-0.2, -0.15) is 13.2 Å². The minimum Gasteiger partial charge on any atom is -0.358 e. The van der Waals surface area contributed by atoms with Crippen molar-refractivity contribution in [1.29, 1.82) is 0 Å². The lowest BCUT2D eigenvalue weighted by Crippen LogP contribution is -2.35. The summed E-state index contributed by atoms with van der Waals surface area (Å²) in [5, 5.41) is 7.75. The summed E-state index contributed by atoms with van der Waals surface area (Å²) < 4.78 is 42.4. The highest BCUT2D eigenvalue weighted by molar-refractivity contribution is 6.35. The number of rotatable bonds is 8. The van der Waals surface area contributed by atoms with Crippen molar-refractivity contribution in [3.8, 4) is 0 Å². The Kier molecular flexibility index (Phi) is 7.69. The highest BCUT2D eigenvalue weighted by atomic mass is 19.4. The Morgan fingerprint density at radius 1 is 1.17 bits per heavy atom. The zero-order valence-electron chi connectivity index (χ0n) is 19.9. The van der Waals surface area contributed by atoms with Gasteiger partial charge in [0.15, 0.2) is 0 Å². The minimum atomic E-state index is -4.85. The van der Waals surface area contributed by atoms with E-state index in [4.69, 9.17) is 0 Å². The zero-order valence-corrected chi connectivity index (χ0v) is 19.9. The van der Waals surface area contributed by atoms with Crippen molar-refractivity contribution in [2.24, 2.45) is 0 Å². The molecule has 0 bridgehead atoms. The molecule has 0 aliphatic carbocycles. The quantitative estimate of drug-likeness (QED) is 0.421. The summed E-state index contributed by atoms with van der Waals surface area (Å²) in [7, 11) is 0. The third-order valence-electron chi connectivity index (χ3n) is 5.75. The summed E-state index contributed by atoms with van der Waals surface area (Å²) >= 11 is 0. The SMILES string of the molecule is CCN(CC)CCNC(=O)c1c(C)[nH]c(/C=C2\C(=O)Nc3ccc(NC(C)=O)cc32)c1C(F)(F)F. The maximum atomic E-state index is 14.1. The molecule has 11 heteroatoms. The molecule has 2 aromatic rings. The normalized spacial score (nSPS) is 14.3. The van der Waals surface area contributed by atoms with Crippen molar-refractivity contribution in [2.45, 2.75) is 33.9 Å². The van der Waals surface area contributed by atoms with E-state index < -0.39 is 34.8 Å². The van der Waals surface area contributed by atoms with Crippen LogP contribution in [-0.2, 0) is 15.8 Å². The van der Waals surface area contributed by atoms with E-state index >= 15 is 0 Å². The molecule has 3 rings (SSSR count). The molecule has 2 heterocycles. The number of hydrogen-bond acceptors (Lipinski definition) is 4. The molecule has 1 aliphatic heterocycles. The number of fused-ring (bicyclic) bond motifs is 1. The number of aryl methyl sites for hydroxylation is 1.